The van der Waals surface area contributed by atoms with E-state index in [-0.39, 0.29) is 12.2 Å². The number of hydrogen-bond acceptors (Lipinski definition) is 7. The first-order chi connectivity index (χ1) is 9.23. The summed E-state index contributed by atoms with van der Waals surface area (Å²) in [6.45, 7) is 3.06. The van der Waals surface area contributed by atoms with E-state index in [9.17, 15) is 24.9 Å². The van der Waals surface area contributed by atoms with Gasteiger partial charge in [-0.1, -0.05) is 0 Å². The van der Waals surface area contributed by atoms with Crippen molar-refractivity contribution < 1.29 is 39.5 Å². The number of aliphatic hydroxyl groups is 3. The third-order valence-electron chi connectivity index (χ3n) is 3.08. The molecular formula is C12H20O8. The lowest BCUT2D eigenvalue weighted by molar-refractivity contribution is -0.303. The molecule has 6 atom stereocenters. The highest BCUT2D eigenvalue weighted by atomic mass is 16.7. The van der Waals surface area contributed by atoms with Gasteiger partial charge in [0.25, 0.3) is 0 Å². The standard InChI is InChI=1S/C12H20O8/c1-5(13)3-4-6(2)19-12-9(16)7(14)8(15)10(20-12)11(17)18/h6-10,12,14-16H,3-4H2,1-2H3,(H,17,18)/t6?,7-,8-,9+,10-,12+/m0/s1. The third-order valence-corrected chi connectivity index (χ3v) is 3.08. The number of carbonyl (C=O) groups excluding carboxylic acids is 1. The normalized spacial score (nSPS) is 35.5. The summed E-state index contributed by atoms with van der Waals surface area (Å²) in [5.74, 6) is -1.49. The molecule has 1 saturated heterocycles. The topological polar surface area (TPSA) is 134 Å². The van der Waals surface area contributed by atoms with Crippen LogP contribution in [0.5, 0.6) is 0 Å². The second kappa shape index (κ2) is 7.09. The van der Waals surface area contributed by atoms with E-state index in [1.54, 1.807) is 6.92 Å². The van der Waals surface area contributed by atoms with Crippen LogP contribution in [-0.2, 0) is 19.1 Å². The number of aliphatic carboxylic acids is 1. The van der Waals surface area contributed by atoms with Crippen molar-refractivity contribution in [3.8, 4) is 0 Å². The Balaban J connectivity index is 2.63. The summed E-state index contributed by atoms with van der Waals surface area (Å²) < 4.78 is 10.2. The number of hydrogen-bond donors (Lipinski definition) is 4. The average Bonchev–Trinajstić information content (AvgIpc) is 2.36. The predicted octanol–water partition coefficient (Wildman–Crippen LogP) is -1.35. The van der Waals surface area contributed by atoms with Gasteiger partial charge >= 0.3 is 5.97 Å². The van der Waals surface area contributed by atoms with Gasteiger partial charge in [-0.2, -0.15) is 0 Å². The molecule has 8 nitrogen and oxygen atoms in total. The van der Waals surface area contributed by atoms with Crippen molar-refractivity contribution in [2.24, 2.45) is 0 Å². The van der Waals surface area contributed by atoms with Crippen LogP contribution in [-0.4, -0.2) is 69.0 Å². The Morgan fingerprint density at radius 1 is 1.20 bits per heavy atom. The number of carboxylic acids is 1. The summed E-state index contributed by atoms with van der Waals surface area (Å²) in [7, 11) is 0. The molecular weight excluding hydrogens is 272 g/mol. The third kappa shape index (κ3) is 4.22. The maximum atomic E-state index is 10.9. The van der Waals surface area contributed by atoms with Crippen molar-refractivity contribution in [2.75, 3.05) is 0 Å². The van der Waals surface area contributed by atoms with Gasteiger partial charge in [-0.15, -0.1) is 0 Å². The van der Waals surface area contributed by atoms with Crippen LogP contribution >= 0.6 is 0 Å². The van der Waals surface area contributed by atoms with Gasteiger partial charge in [0.1, 0.15) is 24.1 Å². The Labute approximate surface area is 115 Å². The van der Waals surface area contributed by atoms with Gasteiger partial charge in [-0.3, -0.25) is 0 Å². The number of ketones is 1. The molecule has 116 valence electrons. The maximum absolute atomic E-state index is 10.9. The molecule has 0 aromatic rings. The number of carbonyl (C=O) groups is 2. The van der Waals surface area contributed by atoms with E-state index in [2.05, 4.69) is 0 Å². The van der Waals surface area contributed by atoms with Crippen LogP contribution < -0.4 is 0 Å². The Kier molecular flexibility index (Phi) is 6.03. The molecule has 0 spiro atoms. The second-order valence-electron chi connectivity index (χ2n) is 4.92. The summed E-state index contributed by atoms with van der Waals surface area (Å²) in [4.78, 5) is 21.7. The van der Waals surface area contributed by atoms with Crippen LogP contribution in [0.15, 0.2) is 0 Å². The van der Waals surface area contributed by atoms with Crippen molar-refractivity contribution in [1.82, 2.24) is 0 Å². The first-order valence-corrected chi connectivity index (χ1v) is 6.31. The van der Waals surface area contributed by atoms with Crippen molar-refractivity contribution >= 4 is 11.8 Å². The van der Waals surface area contributed by atoms with Crippen LogP contribution in [0, 0.1) is 0 Å². The van der Waals surface area contributed by atoms with E-state index < -0.39 is 42.8 Å². The summed E-state index contributed by atoms with van der Waals surface area (Å²) in [5.41, 5.74) is 0. The van der Waals surface area contributed by atoms with Crippen LogP contribution in [0.4, 0.5) is 0 Å². The molecule has 1 unspecified atom stereocenters. The largest absolute Gasteiger partial charge is 0.479 e. The average molecular weight is 292 g/mol. The van der Waals surface area contributed by atoms with Crippen LogP contribution in [0.2, 0.25) is 0 Å². The van der Waals surface area contributed by atoms with Crippen molar-refractivity contribution in [3.05, 3.63) is 0 Å². The molecule has 4 N–H and O–H groups in total. The molecule has 1 fully saturated rings. The Hall–Kier alpha value is -1.06. The minimum atomic E-state index is -1.74. The number of ether oxygens (including phenoxy) is 2. The molecule has 0 bridgehead atoms. The van der Waals surface area contributed by atoms with E-state index in [1.807, 2.05) is 0 Å². The zero-order valence-corrected chi connectivity index (χ0v) is 11.3. The van der Waals surface area contributed by atoms with Crippen LogP contribution in [0.1, 0.15) is 26.7 Å². The highest BCUT2D eigenvalue weighted by molar-refractivity contribution is 5.75. The zero-order chi connectivity index (χ0) is 15.4. The summed E-state index contributed by atoms with van der Waals surface area (Å²) in [6.07, 6.45) is -7.88. The molecule has 1 rings (SSSR count). The Morgan fingerprint density at radius 2 is 1.80 bits per heavy atom. The fourth-order valence-electron chi connectivity index (χ4n) is 1.87. The van der Waals surface area contributed by atoms with Crippen LogP contribution in [0.25, 0.3) is 0 Å². The number of Topliss-reactive ketones (excluding diaryl/α,β-unsaturated/α-hetero) is 1. The molecule has 0 aromatic carbocycles. The molecule has 0 radical (unpaired) electrons. The maximum Gasteiger partial charge on any atom is 0.335 e. The highest BCUT2D eigenvalue weighted by Crippen LogP contribution is 2.24. The lowest BCUT2D eigenvalue weighted by Crippen LogP contribution is -2.60. The zero-order valence-electron chi connectivity index (χ0n) is 11.3. The van der Waals surface area contributed by atoms with Gasteiger partial charge in [-0.25, -0.2) is 4.79 Å². The van der Waals surface area contributed by atoms with E-state index in [4.69, 9.17) is 14.6 Å². The van der Waals surface area contributed by atoms with Crippen molar-refractivity contribution in [3.63, 3.8) is 0 Å². The predicted molar refractivity (Wildman–Crippen MR) is 64.8 cm³/mol. The second-order valence-corrected chi connectivity index (χ2v) is 4.92. The van der Waals surface area contributed by atoms with E-state index in [0.29, 0.717) is 6.42 Å². The number of rotatable bonds is 6. The Bertz CT molecular complexity index is 357. The first kappa shape index (κ1) is 17.0. The monoisotopic (exact) mass is 292 g/mol. The highest BCUT2D eigenvalue weighted by Gasteiger charge is 2.47. The fourth-order valence-corrected chi connectivity index (χ4v) is 1.87. The van der Waals surface area contributed by atoms with Crippen LogP contribution in [0.3, 0.4) is 0 Å². The molecule has 0 aromatic heterocycles. The summed E-state index contributed by atoms with van der Waals surface area (Å²) in [6, 6.07) is 0. The SMILES string of the molecule is CC(=O)CCC(C)O[C@@H]1O[C@H](C(=O)O)[C@@H](O)[C@H](O)[C@H]1O. The van der Waals surface area contributed by atoms with Gasteiger partial charge in [0.2, 0.25) is 0 Å². The Morgan fingerprint density at radius 3 is 2.30 bits per heavy atom. The fraction of sp³-hybridized carbons (Fsp3) is 0.833. The molecule has 1 heterocycles. The number of carboxylic acid groups (broad SMARTS) is 1. The lowest BCUT2D eigenvalue weighted by atomic mass is 9.99. The molecule has 1 aliphatic heterocycles. The first-order valence-electron chi connectivity index (χ1n) is 6.31. The molecule has 8 heteroatoms. The molecule has 20 heavy (non-hydrogen) atoms. The molecule has 0 aliphatic carbocycles. The van der Waals surface area contributed by atoms with Gasteiger partial charge in [-0.05, 0) is 20.3 Å². The van der Waals surface area contributed by atoms with Crippen molar-refractivity contribution in [1.29, 1.82) is 0 Å². The quantitative estimate of drug-likeness (QED) is 0.472. The van der Waals surface area contributed by atoms with Gasteiger partial charge in [0.05, 0.1) is 6.10 Å². The summed E-state index contributed by atoms with van der Waals surface area (Å²) >= 11 is 0. The van der Waals surface area contributed by atoms with Gasteiger partial charge in [0, 0.05) is 6.42 Å². The van der Waals surface area contributed by atoms with E-state index >= 15 is 0 Å². The van der Waals surface area contributed by atoms with Gasteiger partial charge < -0.3 is 34.7 Å². The lowest BCUT2D eigenvalue weighted by Gasteiger charge is -2.39. The summed E-state index contributed by atoms with van der Waals surface area (Å²) in [5, 5.41) is 37.7. The smallest absolute Gasteiger partial charge is 0.335 e. The van der Waals surface area contributed by atoms with E-state index in [0.717, 1.165) is 0 Å². The minimum absolute atomic E-state index is 0.0237. The van der Waals surface area contributed by atoms with Gasteiger partial charge in [0.15, 0.2) is 12.4 Å². The molecule has 1 aliphatic rings. The molecule has 0 amide bonds. The molecule has 0 saturated carbocycles. The number of aliphatic hydroxyl groups excluding tert-OH is 3. The van der Waals surface area contributed by atoms with Crippen molar-refractivity contribution in [2.45, 2.75) is 63.5 Å². The van der Waals surface area contributed by atoms with E-state index in [1.165, 1.54) is 6.92 Å². The minimum Gasteiger partial charge on any atom is -0.479 e.